The van der Waals surface area contributed by atoms with Gasteiger partial charge in [-0.15, -0.1) is 0 Å². The van der Waals surface area contributed by atoms with Crippen molar-refractivity contribution in [3.05, 3.63) is 58.1 Å². The van der Waals surface area contributed by atoms with E-state index in [0.29, 0.717) is 0 Å². The van der Waals surface area contributed by atoms with Gasteiger partial charge in [0, 0.05) is 16.7 Å². The lowest BCUT2D eigenvalue weighted by atomic mass is 9.90. The Bertz CT molecular complexity index is 684. The number of anilines is 2. The van der Waals surface area contributed by atoms with Gasteiger partial charge in [-0.05, 0) is 52.5 Å². The van der Waals surface area contributed by atoms with Crippen molar-refractivity contribution in [3.8, 4) is 0 Å². The lowest BCUT2D eigenvalue weighted by Gasteiger charge is -2.26. The number of halogens is 1. The largest absolute Gasteiger partial charge is 0.385 e. The highest BCUT2D eigenvalue weighted by molar-refractivity contribution is 9.10. The van der Waals surface area contributed by atoms with E-state index in [2.05, 4.69) is 26.6 Å². The number of rotatable bonds is 2. The number of hydrogen-bond donors (Lipinski definition) is 2. The minimum absolute atomic E-state index is 0.0512. The standard InChI is InChI=1S/C17H17BrN2O/c1-11-5-4-8-15(16(11)18)20-17(21)13-9-10-19-14-7-3-2-6-12(13)14/h2-8,13,19H,9-10H2,1H3,(H,20,21). The maximum Gasteiger partial charge on any atom is 0.232 e. The van der Waals surface area contributed by atoms with E-state index in [1.165, 1.54) is 0 Å². The third kappa shape index (κ3) is 2.81. The van der Waals surface area contributed by atoms with Gasteiger partial charge < -0.3 is 10.6 Å². The molecule has 1 aliphatic rings. The Morgan fingerprint density at radius 1 is 1.24 bits per heavy atom. The summed E-state index contributed by atoms with van der Waals surface area (Å²) in [4.78, 5) is 12.6. The van der Waals surface area contributed by atoms with Crippen LogP contribution in [0, 0.1) is 6.92 Å². The van der Waals surface area contributed by atoms with Crippen molar-refractivity contribution < 1.29 is 4.79 Å². The van der Waals surface area contributed by atoms with Crippen molar-refractivity contribution in [2.75, 3.05) is 17.2 Å². The average molecular weight is 345 g/mol. The molecule has 0 radical (unpaired) electrons. The summed E-state index contributed by atoms with van der Waals surface area (Å²) in [5.74, 6) is -0.0508. The molecule has 3 nitrogen and oxygen atoms in total. The van der Waals surface area contributed by atoms with Crippen LogP contribution in [0.4, 0.5) is 11.4 Å². The molecule has 1 amide bonds. The Labute approximate surface area is 132 Å². The fraction of sp³-hybridized carbons (Fsp3) is 0.235. The first-order valence-corrected chi connectivity index (χ1v) is 7.85. The van der Waals surface area contributed by atoms with Crippen LogP contribution >= 0.6 is 15.9 Å². The third-order valence-corrected chi connectivity index (χ3v) is 4.90. The average Bonchev–Trinajstić information content (AvgIpc) is 2.51. The van der Waals surface area contributed by atoms with Gasteiger partial charge in [-0.3, -0.25) is 4.79 Å². The molecular formula is C17H17BrN2O. The molecule has 0 fully saturated rings. The Kier molecular flexibility index (Phi) is 3.97. The molecular weight excluding hydrogens is 328 g/mol. The van der Waals surface area contributed by atoms with Crippen molar-refractivity contribution in [3.63, 3.8) is 0 Å². The van der Waals surface area contributed by atoms with Crippen molar-refractivity contribution in [1.82, 2.24) is 0 Å². The molecule has 0 aliphatic carbocycles. The van der Waals surface area contributed by atoms with Gasteiger partial charge >= 0.3 is 0 Å². The highest BCUT2D eigenvalue weighted by Gasteiger charge is 2.26. The van der Waals surface area contributed by atoms with Gasteiger partial charge in [0.15, 0.2) is 0 Å². The van der Waals surface area contributed by atoms with E-state index in [4.69, 9.17) is 0 Å². The summed E-state index contributed by atoms with van der Waals surface area (Å²) < 4.78 is 0.945. The molecule has 1 atom stereocenters. The quantitative estimate of drug-likeness (QED) is 0.852. The van der Waals surface area contributed by atoms with E-state index in [9.17, 15) is 4.79 Å². The van der Waals surface area contributed by atoms with Crippen LogP contribution in [0.15, 0.2) is 46.9 Å². The molecule has 0 saturated carbocycles. The van der Waals surface area contributed by atoms with E-state index in [1.54, 1.807) is 0 Å². The first-order chi connectivity index (χ1) is 10.2. The second kappa shape index (κ2) is 5.90. The predicted molar refractivity (Wildman–Crippen MR) is 89.8 cm³/mol. The van der Waals surface area contributed by atoms with Crippen LogP contribution in [0.5, 0.6) is 0 Å². The molecule has 1 unspecified atom stereocenters. The van der Waals surface area contributed by atoms with E-state index < -0.39 is 0 Å². The van der Waals surface area contributed by atoms with Gasteiger partial charge in [0.1, 0.15) is 0 Å². The highest BCUT2D eigenvalue weighted by Crippen LogP contribution is 2.33. The molecule has 4 heteroatoms. The summed E-state index contributed by atoms with van der Waals surface area (Å²) in [6.45, 7) is 2.84. The fourth-order valence-corrected chi connectivity index (χ4v) is 3.07. The van der Waals surface area contributed by atoms with Gasteiger partial charge in [-0.1, -0.05) is 30.3 Å². The van der Waals surface area contributed by atoms with Crippen LogP contribution < -0.4 is 10.6 Å². The van der Waals surface area contributed by atoms with Gasteiger partial charge in [-0.2, -0.15) is 0 Å². The van der Waals surface area contributed by atoms with E-state index in [0.717, 1.165) is 39.9 Å². The normalized spacial score (nSPS) is 16.8. The van der Waals surface area contributed by atoms with E-state index in [1.807, 2.05) is 49.4 Å². The number of amides is 1. The second-order valence-electron chi connectivity index (χ2n) is 5.28. The zero-order chi connectivity index (χ0) is 14.8. The lowest BCUT2D eigenvalue weighted by molar-refractivity contribution is -0.117. The minimum Gasteiger partial charge on any atom is -0.385 e. The summed E-state index contributed by atoms with van der Waals surface area (Å²) in [6.07, 6.45) is 0.812. The van der Waals surface area contributed by atoms with Gasteiger partial charge in [-0.25, -0.2) is 0 Å². The van der Waals surface area contributed by atoms with Crippen LogP contribution in [-0.2, 0) is 4.79 Å². The first-order valence-electron chi connectivity index (χ1n) is 7.05. The number of hydrogen-bond acceptors (Lipinski definition) is 2. The van der Waals surface area contributed by atoms with Crippen molar-refractivity contribution in [2.45, 2.75) is 19.3 Å². The molecule has 2 N–H and O–H groups in total. The van der Waals surface area contributed by atoms with Crippen LogP contribution in [0.3, 0.4) is 0 Å². The Morgan fingerprint density at radius 2 is 2.05 bits per heavy atom. The summed E-state index contributed by atoms with van der Waals surface area (Å²) in [7, 11) is 0. The minimum atomic E-state index is -0.102. The number of fused-ring (bicyclic) bond motifs is 1. The van der Waals surface area contributed by atoms with E-state index in [-0.39, 0.29) is 11.8 Å². The van der Waals surface area contributed by atoms with Gasteiger partial charge in [0.25, 0.3) is 0 Å². The Hall–Kier alpha value is -1.81. The number of para-hydroxylation sites is 1. The summed E-state index contributed by atoms with van der Waals surface area (Å²) >= 11 is 3.54. The van der Waals surface area contributed by atoms with Crippen LogP contribution in [0.2, 0.25) is 0 Å². The van der Waals surface area contributed by atoms with Crippen molar-refractivity contribution in [1.29, 1.82) is 0 Å². The molecule has 2 aromatic carbocycles. The van der Waals surface area contributed by atoms with E-state index >= 15 is 0 Å². The molecule has 3 rings (SSSR count). The smallest absolute Gasteiger partial charge is 0.232 e. The molecule has 108 valence electrons. The summed E-state index contributed by atoms with van der Waals surface area (Å²) in [5.41, 5.74) is 4.08. The monoisotopic (exact) mass is 344 g/mol. The summed E-state index contributed by atoms with van der Waals surface area (Å²) in [5, 5.41) is 6.39. The van der Waals surface area contributed by atoms with Crippen molar-refractivity contribution >= 4 is 33.2 Å². The van der Waals surface area contributed by atoms with Crippen molar-refractivity contribution in [2.24, 2.45) is 0 Å². The first kappa shape index (κ1) is 14.1. The highest BCUT2D eigenvalue weighted by atomic mass is 79.9. The number of nitrogens with one attached hydrogen (secondary N) is 2. The van der Waals surface area contributed by atoms with Crippen LogP contribution in [-0.4, -0.2) is 12.5 Å². The maximum atomic E-state index is 12.6. The third-order valence-electron chi connectivity index (χ3n) is 3.85. The Balaban J connectivity index is 1.85. The second-order valence-corrected chi connectivity index (χ2v) is 6.07. The fourth-order valence-electron chi connectivity index (χ4n) is 2.70. The van der Waals surface area contributed by atoms with Crippen LogP contribution in [0.25, 0.3) is 0 Å². The number of carbonyl (C=O) groups is 1. The molecule has 0 saturated heterocycles. The number of carbonyl (C=O) groups excluding carboxylic acids is 1. The molecule has 1 heterocycles. The topological polar surface area (TPSA) is 41.1 Å². The zero-order valence-electron chi connectivity index (χ0n) is 11.8. The maximum absolute atomic E-state index is 12.6. The van der Waals surface area contributed by atoms with Gasteiger partial charge in [0.05, 0.1) is 11.6 Å². The molecule has 0 aromatic heterocycles. The molecule has 2 aromatic rings. The summed E-state index contributed by atoms with van der Waals surface area (Å²) in [6, 6.07) is 13.9. The Morgan fingerprint density at radius 3 is 2.90 bits per heavy atom. The lowest BCUT2D eigenvalue weighted by Crippen LogP contribution is -2.27. The molecule has 0 bridgehead atoms. The molecule has 1 aliphatic heterocycles. The molecule has 21 heavy (non-hydrogen) atoms. The predicted octanol–water partition coefficient (Wildman–Crippen LogP) is 4.30. The number of aryl methyl sites for hydroxylation is 1. The number of benzene rings is 2. The van der Waals surface area contributed by atoms with Gasteiger partial charge in [0.2, 0.25) is 5.91 Å². The molecule has 0 spiro atoms. The van der Waals surface area contributed by atoms with Crippen LogP contribution in [0.1, 0.15) is 23.5 Å². The zero-order valence-corrected chi connectivity index (χ0v) is 13.4. The SMILES string of the molecule is Cc1cccc(NC(=O)C2CCNc3ccccc32)c1Br.